The van der Waals surface area contributed by atoms with Gasteiger partial charge in [0.05, 0.1) is 23.6 Å². The van der Waals surface area contributed by atoms with Crippen molar-refractivity contribution in [3.63, 3.8) is 0 Å². The summed E-state index contributed by atoms with van der Waals surface area (Å²) in [5.74, 6) is 0.360. The molecule has 8 nitrogen and oxygen atoms in total. The molecule has 2 aliphatic heterocycles. The lowest BCUT2D eigenvalue weighted by atomic mass is 9.97. The lowest BCUT2D eigenvalue weighted by Crippen LogP contribution is -2.42. The average Bonchev–Trinajstić information content (AvgIpc) is 2.99. The zero-order chi connectivity index (χ0) is 25.9. The number of benzene rings is 2. The van der Waals surface area contributed by atoms with Crippen molar-refractivity contribution in [2.24, 2.45) is 10.9 Å². The van der Waals surface area contributed by atoms with E-state index in [9.17, 15) is 14.9 Å². The molecule has 1 saturated heterocycles. The van der Waals surface area contributed by atoms with Gasteiger partial charge in [0.25, 0.3) is 0 Å². The summed E-state index contributed by atoms with van der Waals surface area (Å²) >= 11 is 6.41. The third-order valence-corrected chi connectivity index (χ3v) is 6.35. The zero-order valence-corrected chi connectivity index (χ0v) is 21.4. The normalized spacial score (nSPS) is 16.2. The SMILES string of the molecule is CC(C)(C)OC(=O)N1CCC(COc2cc3c(cc2C#N)C(c2ccccc2Cl)=NCC(=O)N3)CC1. The Labute approximate surface area is 215 Å². The van der Waals surface area contributed by atoms with Crippen molar-refractivity contribution < 1.29 is 19.1 Å². The molecule has 2 aliphatic rings. The number of hydrogen-bond acceptors (Lipinski definition) is 6. The van der Waals surface area contributed by atoms with Crippen molar-refractivity contribution in [1.29, 1.82) is 5.26 Å². The second kappa shape index (κ2) is 10.6. The maximum Gasteiger partial charge on any atom is 0.410 e. The van der Waals surface area contributed by atoms with Gasteiger partial charge < -0.3 is 19.7 Å². The maximum atomic E-state index is 12.4. The Morgan fingerprint density at radius 3 is 2.61 bits per heavy atom. The van der Waals surface area contributed by atoms with Crippen LogP contribution in [0.25, 0.3) is 0 Å². The number of fused-ring (bicyclic) bond motifs is 1. The minimum absolute atomic E-state index is 0.0520. The quantitative estimate of drug-likeness (QED) is 0.624. The first-order valence-electron chi connectivity index (χ1n) is 11.9. The fraction of sp³-hybridized carbons (Fsp3) is 0.407. The summed E-state index contributed by atoms with van der Waals surface area (Å²) in [6.45, 7) is 7.08. The smallest absolute Gasteiger partial charge is 0.410 e. The van der Waals surface area contributed by atoms with Crippen molar-refractivity contribution >= 4 is 35.0 Å². The first-order chi connectivity index (χ1) is 17.1. The van der Waals surface area contributed by atoms with Gasteiger partial charge in [-0.3, -0.25) is 9.79 Å². The number of benzodiazepines with no additional fused rings is 1. The van der Waals surface area contributed by atoms with E-state index in [0.717, 1.165) is 12.8 Å². The third kappa shape index (κ3) is 5.97. The molecule has 0 aliphatic carbocycles. The van der Waals surface area contributed by atoms with Gasteiger partial charge in [-0.15, -0.1) is 0 Å². The number of likely N-dealkylation sites (tertiary alicyclic amines) is 1. The molecule has 2 aromatic rings. The van der Waals surface area contributed by atoms with Gasteiger partial charge in [0.1, 0.15) is 24.0 Å². The van der Waals surface area contributed by atoms with Crippen LogP contribution in [0.1, 0.15) is 50.3 Å². The minimum Gasteiger partial charge on any atom is -0.492 e. The number of piperidine rings is 1. The van der Waals surface area contributed by atoms with Crippen LogP contribution in [0.5, 0.6) is 5.75 Å². The molecular weight excluding hydrogens is 480 g/mol. The number of hydrogen-bond donors (Lipinski definition) is 1. The summed E-state index contributed by atoms with van der Waals surface area (Å²) in [7, 11) is 0. The van der Waals surface area contributed by atoms with Gasteiger partial charge in [-0.1, -0.05) is 29.8 Å². The van der Waals surface area contributed by atoms with Gasteiger partial charge in [0.2, 0.25) is 5.91 Å². The van der Waals surface area contributed by atoms with Gasteiger partial charge in [-0.25, -0.2) is 4.79 Å². The number of carbonyl (C=O) groups is 2. The number of amides is 2. The predicted molar refractivity (Wildman–Crippen MR) is 138 cm³/mol. The van der Waals surface area contributed by atoms with E-state index in [-0.39, 0.29) is 24.5 Å². The standard InChI is InChI=1S/C27H29ClN4O4/c1-27(2,3)36-26(34)32-10-8-17(9-11-32)16-35-23-13-22-20(12-18(23)14-29)25(30-15-24(33)31-22)19-6-4-5-7-21(19)28/h4-7,12-13,17H,8-11,15-16H2,1-3H3,(H,31,33). The fourth-order valence-corrected chi connectivity index (χ4v) is 4.44. The summed E-state index contributed by atoms with van der Waals surface area (Å²) < 4.78 is 11.5. The summed E-state index contributed by atoms with van der Waals surface area (Å²) in [6, 6.07) is 12.8. The monoisotopic (exact) mass is 508 g/mol. The average molecular weight is 509 g/mol. The highest BCUT2D eigenvalue weighted by atomic mass is 35.5. The lowest BCUT2D eigenvalue weighted by Gasteiger charge is -2.33. The number of anilines is 1. The van der Waals surface area contributed by atoms with Crippen LogP contribution in [0, 0.1) is 17.2 Å². The molecule has 0 saturated carbocycles. The highest BCUT2D eigenvalue weighted by Crippen LogP contribution is 2.33. The first-order valence-corrected chi connectivity index (χ1v) is 12.3. The predicted octanol–water partition coefficient (Wildman–Crippen LogP) is 5.03. The highest BCUT2D eigenvalue weighted by molar-refractivity contribution is 6.36. The summed E-state index contributed by atoms with van der Waals surface area (Å²) in [5.41, 5.74) is 2.18. The molecule has 0 aromatic heterocycles. The minimum atomic E-state index is -0.526. The van der Waals surface area contributed by atoms with E-state index in [1.54, 1.807) is 23.1 Å². The van der Waals surface area contributed by atoms with Crippen molar-refractivity contribution in [2.75, 3.05) is 31.6 Å². The summed E-state index contributed by atoms with van der Waals surface area (Å²) in [6.07, 6.45) is 1.24. The Kier molecular flexibility index (Phi) is 7.51. The van der Waals surface area contributed by atoms with Gasteiger partial charge in [-0.05, 0) is 51.7 Å². The Balaban J connectivity index is 1.49. The molecule has 188 valence electrons. The second-order valence-electron chi connectivity index (χ2n) is 9.92. The molecule has 0 atom stereocenters. The molecular formula is C27H29ClN4O4. The fourth-order valence-electron chi connectivity index (χ4n) is 4.21. The molecule has 0 unspecified atom stereocenters. The van der Waals surface area contributed by atoms with Gasteiger partial charge in [0.15, 0.2) is 0 Å². The molecule has 36 heavy (non-hydrogen) atoms. The van der Waals surface area contributed by atoms with Crippen LogP contribution in [-0.2, 0) is 9.53 Å². The van der Waals surface area contributed by atoms with E-state index < -0.39 is 5.60 Å². The molecule has 1 N–H and O–H groups in total. The topological polar surface area (TPSA) is 104 Å². The van der Waals surface area contributed by atoms with Gasteiger partial charge in [0, 0.05) is 35.3 Å². The van der Waals surface area contributed by atoms with Gasteiger partial charge in [-0.2, -0.15) is 5.26 Å². The van der Waals surface area contributed by atoms with E-state index in [1.807, 2.05) is 39.0 Å². The first kappa shape index (κ1) is 25.5. The van der Waals surface area contributed by atoms with Gasteiger partial charge >= 0.3 is 6.09 Å². The van der Waals surface area contributed by atoms with E-state index in [4.69, 9.17) is 21.1 Å². The number of nitriles is 1. The number of nitrogens with one attached hydrogen (secondary N) is 1. The van der Waals surface area contributed by atoms with Crippen molar-refractivity contribution in [3.8, 4) is 11.8 Å². The lowest BCUT2D eigenvalue weighted by molar-refractivity contribution is -0.114. The van der Waals surface area contributed by atoms with Crippen molar-refractivity contribution in [3.05, 3.63) is 58.1 Å². The van der Waals surface area contributed by atoms with Crippen LogP contribution in [0.2, 0.25) is 5.02 Å². The summed E-state index contributed by atoms with van der Waals surface area (Å²) in [5, 5.41) is 13.2. The molecule has 0 bridgehead atoms. The van der Waals surface area contributed by atoms with E-state index >= 15 is 0 Å². The Bertz CT molecular complexity index is 1240. The zero-order valence-electron chi connectivity index (χ0n) is 20.6. The Morgan fingerprint density at radius 2 is 1.94 bits per heavy atom. The van der Waals surface area contributed by atoms with Crippen molar-refractivity contribution in [2.45, 2.75) is 39.2 Å². The van der Waals surface area contributed by atoms with Crippen molar-refractivity contribution in [1.82, 2.24) is 4.90 Å². The van der Waals surface area contributed by atoms with Crippen LogP contribution in [-0.4, -0.2) is 54.5 Å². The van der Waals surface area contributed by atoms with E-state index in [0.29, 0.717) is 58.6 Å². The number of aliphatic imine (C=N–C) groups is 1. The number of ether oxygens (including phenoxy) is 2. The molecule has 9 heteroatoms. The number of rotatable bonds is 4. The Hall–Kier alpha value is -3.57. The molecule has 2 aromatic carbocycles. The van der Waals surface area contributed by atoms with E-state index in [1.165, 1.54) is 0 Å². The summed E-state index contributed by atoms with van der Waals surface area (Å²) in [4.78, 5) is 30.9. The molecule has 0 spiro atoms. The van der Waals surface area contributed by atoms with Crippen LogP contribution in [0.4, 0.5) is 10.5 Å². The largest absolute Gasteiger partial charge is 0.492 e. The second-order valence-corrected chi connectivity index (χ2v) is 10.3. The van der Waals surface area contributed by atoms with Crippen LogP contribution in [0.15, 0.2) is 41.4 Å². The number of nitrogens with zero attached hydrogens (tertiary/aromatic N) is 3. The van der Waals surface area contributed by atoms with E-state index in [2.05, 4.69) is 16.4 Å². The van der Waals surface area contributed by atoms with Crippen LogP contribution >= 0.6 is 11.6 Å². The highest BCUT2D eigenvalue weighted by Gasteiger charge is 2.28. The Morgan fingerprint density at radius 1 is 1.22 bits per heavy atom. The molecule has 1 fully saturated rings. The molecule has 2 heterocycles. The number of halogens is 1. The maximum absolute atomic E-state index is 12.4. The molecule has 2 amide bonds. The number of carbonyl (C=O) groups excluding carboxylic acids is 2. The van der Waals surface area contributed by atoms with Crippen LogP contribution < -0.4 is 10.1 Å². The molecule has 4 rings (SSSR count). The third-order valence-electron chi connectivity index (χ3n) is 6.02. The van der Waals surface area contributed by atoms with Crippen LogP contribution in [0.3, 0.4) is 0 Å². The molecule has 0 radical (unpaired) electrons.